The zero-order valence-corrected chi connectivity index (χ0v) is 18.1. The van der Waals surface area contributed by atoms with Crippen molar-refractivity contribution in [3.05, 3.63) is 71.5 Å². The number of guanidine groups is 1. The Hall–Kier alpha value is -1.67. The van der Waals surface area contributed by atoms with Gasteiger partial charge in [0.25, 0.3) is 0 Å². The highest BCUT2D eigenvalue weighted by atomic mass is 127. The van der Waals surface area contributed by atoms with Gasteiger partial charge in [-0.2, -0.15) is 0 Å². The number of unbranched alkanes of at least 4 members (excludes halogenated alkanes) is 1. The molecular weight excluding hydrogens is 456 g/mol. The van der Waals surface area contributed by atoms with Gasteiger partial charge in [0.2, 0.25) is 0 Å². The first-order chi connectivity index (χ1) is 12.8. The zero-order valence-electron chi connectivity index (χ0n) is 15.8. The molecule has 0 atom stereocenters. The largest absolute Gasteiger partial charge is 0.381 e. The molecule has 2 N–H and O–H groups in total. The van der Waals surface area contributed by atoms with Crippen LogP contribution in [0.2, 0.25) is 0 Å². The zero-order chi connectivity index (χ0) is 18.5. The number of benzene rings is 2. The summed E-state index contributed by atoms with van der Waals surface area (Å²) >= 11 is 0. The van der Waals surface area contributed by atoms with Crippen LogP contribution in [0.4, 0.5) is 4.39 Å². The van der Waals surface area contributed by atoms with Gasteiger partial charge in [-0.25, -0.2) is 4.39 Å². The van der Waals surface area contributed by atoms with E-state index in [9.17, 15) is 4.39 Å². The van der Waals surface area contributed by atoms with Gasteiger partial charge in [-0.3, -0.25) is 4.99 Å². The van der Waals surface area contributed by atoms with E-state index in [1.54, 1.807) is 13.1 Å². The normalized spacial score (nSPS) is 11.0. The monoisotopic (exact) mass is 485 g/mol. The quantitative estimate of drug-likeness (QED) is 0.230. The van der Waals surface area contributed by atoms with E-state index in [0.717, 1.165) is 50.5 Å². The van der Waals surface area contributed by atoms with Gasteiger partial charge in [0, 0.05) is 26.7 Å². The highest BCUT2D eigenvalue weighted by molar-refractivity contribution is 14.0. The fourth-order valence-corrected chi connectivity index (χ4v) is 2.53. The van der Waals surface area contributed by atoms with Crippen LogP contribution in [0.25, 0.3) is 0 Å². The lowest BCUT2D eigenvalue weighted by molar-refractivity contribution is 0.133. The molecule has 4 nitrogen and oxygen atoms in total. The summed E-state index contributed by atoms with van der Waals surface area (Å²) in [5, 5.41) is 6.44. The number of rotatable bonds is 10. The average molecular weight is 485 g/mol. The van der Waals surface area contributed by atoms with Crippen LogP contribution in [0.5, 0.6) is 0 Å². The first kappa shape index (κ1) is 23.4. The predicted molar refractivity (Wildman–Crippen MR) is 120 cm³/mol. The fourth-order valence-electron chi connectivity index (χ4n) is 2.53. The lowest BCUT2D eigenvalue weighted by Crippen LogP contribution is -2.37. The van der Waals surface area contributed by atoms with Crippen LogP contribution in [0, 0.1) is 5.82 Å². The Labute approximate surface area is 178 Å². The van der Waals surface area contributed by atoms with Crippen molar-refractivity contribution in [3.63, 3.8) is 0 Å². The van der Waals surface area contributed by atoms with E-state index in [0.29, 0.717) is 6.54 Å². The molecule has 2 aromatic rings. The molecule has 2 aromatic carbocycles. The first-order valence-corrected chi connectivity index (χ1v) is 9.08. The molecule has 0 bridgehead atoms. The number of nitrogens with zero attached hydrogens (tertiary/aromatic N) is 1. The smallest absolute Gasteiger partial charge is 0.191 e. The highest BCUT2D eigenvalue weighted by Gasteiger charge is 1.99. The third kappa shape index (κ3) is 10.3. The first-order valence-electron chi connectivity index (χ1n) is 9.08. The highest BCUT2D eigenvalue weighted by Crippen LogP contribution is 2.03. The maximum absolute atomic E-state index is 13.2. The summed E-state index contributed by atoms with van der Waals surface area (Å²) in [6.45, 7) is 2.89. The summed E-state index contributed by atoms with van der Waals surface area (Å²) in [5.41, 5.74) is 2.20. The topological polar surface area (TPSA) is 45.7 Å². The molecule has 0 radical (unpaired) electrons. The molecule has 0 aliphatic rings. The summed E-state index contributed by atoms with van der Waals surface area (Å²) in [7, 11) is 1.73. The number of hydrogen-bond acceptors (Lipinski definition) is 2. The van der Waals surface area contributed by atoms with Crippen molar-refractivity contribution in [1.82, 2.24) is 10.6 Å². The molecule has 0 amide bonds. The molecule has 0 heterocycles. The van der Waals surface area contributed by atoms with Crippen LogP contribution >= 0.6 is 24.0 Å². The Kier molecular flexibility index (Phi) is 12.5. The van der Waals surface area contributed by atoms with Crippen molar-refractivity contribution in [1.29, 1.82) is 0 Å². The number of ether oxygens (including phenoxy) is 1. The minimum Gasteiger partial charge on any atom is -0.381 e. The molecule has 0 saturated carbocycles. The average Bonchev–Trinajstić information content (AvgIpc) is 2.67. The molecule has 0 saturated heterocycles. The van der Waals surface area contributed by atoms with Crippen molar-refractivity contribution in [2.75, 3.05) is 26.8 Å². The molecule has 0 fully saturated rings. The van der Waals surface area contributed by atoms with Crippen LogP contribution in [-0.4, -0.2) is 32.8 Å². The second-order valence-electron chi connectivity index (χ2n) is 6.04. The second kappa shape index (κ2) is 14.4. The molecule has 0 aliphatic heterocycles. The van der Waals surface area contributed by atoms with E-state index in [1.165, 1.54) is 17.7 Å². The third-order valence-electron chi connectivity index (χ3n) is 3.96. The lowest BCUT2D eigenvalue weighted by Gasteiger charge is -2.12. The van der Waals surface area contributed by atoms with Crippen molar-refractivity contribution < 1.29 is 9.13 Å². The summed E-state index contributed by atoms with van der Waals surface area (Å²) in [6, 6.07) is 16.9. The fraction of sp³-hybridized carbons (Fsp3) is 0.381. The van der Waals surface area contributed by atoms with E-state index >= 15 is 0 Å². The van der Waals surface area contributed by atoms with Gasteiger partial charge < -0.3 is 15.4 Å². The molecule has 2 rings (SSSR count). The van der Waals surface area contributed by atoms with Crippen LogP contribution in [-0.2, 0) is 17.7 Å². The van der Waals surface area contributed by atoms with Crippen LogP contribution < -0.4 is 10.6 Å². The Morgan fingerprint density at radius 2 is 1.74 bits per heavy atom. The molecular formula is C21H29FIN3O. The number of aliphatic imine (C=N–C) groups is 1. The van der Waals surface area contributed by atoms with E-state index in [-0.39, 0.29) is 29.8 Å². The van der Waals surface area contributed by atoms with E-state index < -0.39 is 0 Å². The van der Waals surface area contributed by atoms with Crippen LogP contribution in [0.3, 0.4) is 0 Å². The number of nitrogens with one attached hydrogen (secondary N) is 2. The minimum atomic E-state index is -0.223. The van der Waals surface area contributed by atoms with Gasteiger partial charge in [-0.05, 0) is 42.5 Å². The van der Waals surface area contributed by atoms with Crippen molar-refractivity contribution in [2.24, 2.45) is 4.99 Å². The second-order valence-corrected chi connectivity index (χ2v) is 6.04. The molecule has 0 unspecified atom stereocenters. The third-order valence-corrected chi connectivity index (χ3v) is 3.96. The predicted octanol–water partition coefficient (Wildman–Crippen LogP) is 4.15. The molecule has 6 heteroatoms. The van der Waals surface area contributed by atoms with Gasteiger partial charge in [-0.1, -0.05) is 42.5 Å². The van der Waals surface area contributed by atoms with Crippen molar-refractivity contribution in [2.45, 2.75) is 25.8 Å². The Morgan fingerprint density at radius 1 is 0.963 bits per heavy atom. The molecule has 0 spiro atoms. The van der Waals surface area contributed by atoms with Gasteiger partial charge >= 0.3 is 0 Å². The summed E-state index contributed by atoms with van der Waals surface area (Å²) < 4.78 is 18.8. The maximum Gasteiger partial charge on any atom is 0.191 e. The molecule has 0 aliphatic carbocycles. The SMILES string of the molecule is CN=C(NCCCCOCCc1ccccc1)NCc1cccc(F)c1.I. The van der Waals surface area contributed by atoms with E-state index in [4.69, 9.17) is 4.74 Å². The molecule has 148 valence electrons. The van der Waals surface area contributed by atoms with Gasteiger partial charge in [0.1, 0.15) is 5.82 Å². The standard InChI is InChI=1S/C21H28FN3O.HI/c1-23-21(25-17-19-10-7-11-20(22)16-19)24-13-5-6-14-26-15-12-18-8-3-2-4-9-18;/h2-4,7-11,16H,5-6,12-15,17H2,1H3,(H2,23,24,25);1H. The van der Waals surface area contributed by atoms with Crippen molar-refractivity contribution >= 4 is 29.9 Å². The van der Waals surface area contributed by atoms with Gasteiger partial charge in [0.15, 0.2) is 5.96 Å². The number of hydrogen-bond donors (Lipinski definition) is 2. The van der Waals surface area contributed by atoms with Crippen LogP contribution in [0.1, 0.15) is 24.0 Å². The van der Waals surface area contributed by atoms with Gasteiger partial charge in [0.05, 0.1) is 6.61 Å². The summed E-state index contributed by atoms with van der Waals surface area (Å²) in [4.78, 5) is 4.18. The molecule has 27 heavy (non-hydrogen) atoms. The summed E-state index contributed by atoms with van der Waals surface area (Å²) in [5.74, 6) is 0.499. The Bertz CT molecular complexity index is 667. The minimum absolute atomic E-state index is 0. The van der Waals surface area contributed by atoms with Gasteiger partial charge in [-0.15, -0.1) is 24.0 Å². The maximum atomic E-state index is 13.2. The Balaban J connectivity index is 0.00000364. The van der Waals surface area contributed by atoms with E-state index in [2.05, 4.69) is 39.9 Å². The van der Waals surface area contributed by atoms with Crippen molar-refractivity contribution in [3.8, 4) is 0 Å². The summed E-state index contributed by atoms with van der Waals surface area (Å²) in [6.07, 6.45) is 2.96. The number of halogens is 2. The molecule has 0 aromatic heterocycles. The van der Waals surface area contributed by atoms with Crippen LogP contribution in [0.15, 0.2) is 59.6 Å². The lowest BCUT2D eigenvalue weighted by atomic mass is 10.2. The van der Waals surface area contributed by atoms with E-state index in [1.807, 2.05) is 12.1 Å². The Morgan fingerprint density at radius 3 is 2.48 bits per heavy atom.